The van der Waals surface area contributed by atoms with Gasteiger partial charge in [-0.2, -0.15) is 0 Å². The number of amides is 3. The smallest absolute Gasteiger partial charge is 0.326 e. The van der Waals surface area contributed by atoms with E-state index < -0.39 is 28.1 Å². The topological polar surface area (TPSA) is 264 Å². The van der Waals surface area contributed by atoms with Crippen molar-refractivity contribution in [3.8, 4) is 0 Å². The Labute approximate surface area is 276 Å². The summed E-state index contributed by atoms with van der Waals surface area (Å²) in [7, 11) is -2.13. The number of anilines is 1. The van der Waals surface area contributed by atoms with E-state index in [4.69, 9.17) is 11.5 Å². The first kappa shape index (κ1) is 40.9. The van der Waals surface area contributed by atoms with Gasteiger partial charge in [0.05, 0.1) is 10.9 Å². The van der Waals surface area contributed by atoms with E-state index >= 15 is 0 Å². The molecule has 0 fully saturated rings. The molecule has 0 aliphatic carbocycles. The number of nitrogens with zero attached hydrogens (tertiary/aromatic N) is 1. The monoisotopic (exact) mass is 682 g/mol. The van der Waals surface area contributed by atoms with Gasteiger partial charge in [-0.3, -0.25) is 19.4 Å². The maximum Gasteiger partial charge on any atom is 0.326 e. The lowest BCUT2D eigenvalue weighted by atomic mass is 10.1. The van der Waals surface area contributed by atoms with Crippen molar-refractivity contribution in [2.75, 3.05) is 32.0 Å². The summed E-state index contributed by atoms with van der Waals surface area (Å²) in [6.07, 6.45) is 5.65. The minimum Gasteiger partial charge on any atom is -0.480 e. The second kappa shape index (κ2) is 23.3. The Hall–Kier alpha value is -4.09. The van der Waals surface area contributed by atoms with Crippen LogP contribution in [0.25, 0.3) is 0 Å². The molecule has 0 saturated carbocycles. The highest BCUT2D eigenvalue weighted by molar-refractivity contribution is 7.89. The summed E-state index contributed by atoms with van der Waals surface area (Å²) in [6.45, 7) is 1.47. The molecule has 17 heteroatoms. The SMILES string of the molecule is CNCCCCCC(=O)NC(CCCCNC(=O)CCCC(=O)Nc1ccc(S(=O)(=O)N[C@H](C=O)CCCN=C(N)N)cc1)C(=O)O. The van der Waals surface area contributed by atoms with Crippen molar-refractivity contribution in [2.45, 2.75) is 94.0 Å². The highest BCUT2D eigenvalue weighted by atomic mass is 32.2. The van der Waals surface area contributed by atoms with E-state index in [1.54, 1.807) is 0 Å². The van der Waals surface area contributed by atoms with Crippen LogP contribution in [-0.2, 0) is 34.0 Å². The van der Waals surface area contributed by atoms with Gasteiger partial charge in [0.25, 0.3) is 0 Å². The highest BCUT2D eigenvalue weighted by Gasteiger charge is 2.20. The van der Waals surface area contributed by atoms with Crippen molar-refractivity contribution >= 4 is 51.6 Å². The maximum atomic E-state index is 12.6. The molecule has 0 aliphatic rings. The number of rotatable bonds is 26. The fourth-order valence-electron chi connectivity index (χ4n) is 4.37. The first-order valence-electron chi connectivity index (χ1n) is 15.7. The molecular formula is C30H50N8O8S. The van der Waals surface area contributed by atoms with E-state index in [1.165, 1.54) is 24.3 Å². The van der Waals surface area contributed by atoms with Crippen molar-refractivity contribution in [3.63, 3.8) is 0 Å². The van der Waals surface area contributed by atoms with Crippen LogP contribution < -0.4 is 37.5 Å². The van der Waals surface area contributed by atoms with Crippen LogP contribution in [0.4, 0.5) is 5.69 Å². The zero-order valence-corrected chi connectivity index (χ0v) is 27.8. The number of aldehydes is 1. The number of carbonyl (C=O) groups is 5. The number of nitrogens with two attached hydrogens (primary N) is 2. The fraction of sp³-hybridized carbons (Fsp3) is 0.600. The third-order valence-electron chi connectivity index (χ3n) is 6.90. The molecule has 1 aromatic rings. The molecule has 0 aromatic heterocycles. The maximum absolute atomic E-state index is 12.6. The molecule has 0 spiro atoms. The summed E-state index contributed by atoms with van der Waals surface area (Å²) in [5, 5.41) is 20.4. The number of carboxylic acids is 1. The van der Waals surface area contributed by atoms with E-state index in [9.17, 15) is 37.5 Å². The van der Waals surface area contributed by atoms with Gasteiger partial charge < -0.3 is 42.6 Å². The van der Waals surface area contributed by atoms with Crippen LogP contribution in [0, 0.1) is 0 Å². The van der Waals surface area contributed by atoms with Crippen LogP contribution in [-0.4, -0.2) is 88.2 Å². The van der Waals surface area contributed by atoms with E-state index in [0.29, 0.717) is 44.2 Å². The van der Waals surface area contributed by atoms with Gasteiger partial charge in [0, 0.05) is 38.0 Å². The Morgan fingerprint density at radius 3 is 2.15 bits per heavy atom. The van der Waals surface area contributed by atoms with Crippen LogP contribution in [0.3, 0.4) is 0 Å². The molecule has 0 heterocycles. The van der Waals surface area contributed by atoms with Gasteiger partial charge in [0.1, 0.15) is 12.3 Å². The summed E-state index contributed by atoms with van der Waals surface area (Å²) < 4.78 is 27.6. The van der Waals surface area contributed by atoms with Gasteiger partial charge in [-0.25, -0.2) is 17.9 Å². The second-order valence-electron chi connectivity index (χ2n) is 11.0. The van der Waals surface area contributed by atoms with Crippen LogP contribution in [0.2, 0.25) is 0 Å². The Bertz CT molecular complexity index is 1270. The molecule has 264 valence electrons. The predicted octanol–water partition coefficient (Wildman–Crippen LogP) is 0.331. The number of carbonyl (C=O) groups excluding carboxylic acids is 4. The Morgan fingerprint density at radius 2 is 1.51 bits per heavy atom. The first-order valence-corrected chi connectivity index (χ1v) is 17.2. The third kappa shape index (κ3) is 19.2. The van der Waals surface area contributed by atoms with Gasteiger partial charge in [-0.05, 0) is 89.2 Å². The fourth-order valence-corrected chi connectivity index (χ4v) is 5.57. The second-order valence-corrected chi connectivity index (χ2v) is 12.7. The van der Waals surface area contributed by atoms with Gasteiger partial charge in [0.15, 0.2) is 5.96 Å². The number of aliphatic imine (C=N–C) groups is 1. The number of aliphatic carboxylic acids is 1. The summed E-state index contributed by atoms with van der Waals surface area (Å²) in [6, 6.07) is 3.50. The van der Waals surface area contributed by atoms with Crippen LogP contribution in [0.5, 0.6) is 0 Å². The number of benzene rings is 1. The molecule has 1 unspecified atom stereocenters. The molecule has 1 aromatic carbocycles. The van der Waals surface area contributed by atoms with Crippen LogP contribution >= 0.6 is 0 Å². The van der Waals surface area contributed by atoms with Crippen molar-refractivity contribution in [3.05, 3.63) is 24.3 Å². The Morgan fingerprint density at radius 1 is 0.851 bits per heavy atom. The largest absolute Gasteiger partial charge is 0.480 e. The average Bonchev–Trinajstić information content (AvgIpc) is 3.01. The van der Waals surface area contributed by atoms with Crippen molar-refractivity contribution in [2.24, 2.45) is 16.5 Å². The Balaban J connectivity index is 2.32. The molecule has 0 radical (unpaired) electrons. The molecule has 0 saturated heterocycles. The minimum atomic E-state index is -3.99. The molecule has 2 atom stereocenters. The standard InChI is InChI=1S/C30H50N8O8S/c1-33-18-5-2-3-11-28(42)37-25(29(43)44)10-4-6-19-34-26(40)12-7-13-27(41)36-22-14-16-24(17-15-22)47(45,46)38-23(21-39)9-8-20-35-30(31)32/h14-17,21,23,25,33,38H,2-13,18-20H2,1H3,(H,34,40)(H,36,41)(H,37,42)(H,43,44)(H4,31,32,35)/t23-,25?/m0/s1. The zero-order chi connectivity index (χ0) is 35.1. The van der Waals surface area contributed by atoms with Gasteiger partial charge in [0.2, 0.25) is 27.7 Å². The molecule has 3 amide bonds. The van der Waals surface area contributed by atoms with Crippen LogP contribution in [0.1, 0.15) is 77.0 Å². The van der Waals surface area contributed by atoms with Gasteiger partial charge >= 0.3 is 5.97 Å². The molecular weight excluding hydrogens is 632 g/mol. The van der Waals surface area contributed by atoms with Crippen molar-refractivity contribution < 1.29 is 37.5 Å². The number of nitrogens with one attached hydrogen (secondary N) is 5. The quantitative estimate of drug-likeness (QED) is 0.0286. The van der Waals surface area contributed by atoms with Gasteiger partial charge in [-0.1, -0.05) is 6.42 Å². The third-order valence-corrected chi connectivity index (χ3v) is 8.41. The van der Waals surface area contributed by atoms with E-state index in [-0.39, 0.29) is 73.6 Å². The summed E-state index contributed by atoms with van der Waals surface area (Å²) >= 11 is 0. The normalized spacial score (nSPS) is 12.4. The summed E-state index contributed by atoms with van der Waals surface area (Å²) in [4.78, 5) is 63.0. The predicted molar refractivity (Wildman–Crippen MR) is 178 cm³/mol. The van der Waals surface area contributed by atoms with Crippen molar-refractivity contribution in [1.82, 2.24) is 20.7 Å². The van der Waals surface area contributed by atoms with Gasteiger partial charge in [-0.15, -0.1) is 0 Å². The number of unbranched alkanes of at least 4 members (excludes halogenated alkanes) is 3. The zero-order valence-electron chi connectivity index (χ0n) is 27.0. The van der Waals surface area contributed by atoms with Crippen molar-refractivity contribution in [1.29, 1.82) is 0 Å². The lowest BCUT2D eigenvalue weighted by Crippen LogP contribution is -2.40. The van der Waals surface area contributed by atoms with E-state index in [0.717, 1.165) is 19.4 Å². The Kier molecular flexibility index (Phi) is 20.3. The average molecular weight is 683 g/mol. The van der Waals surface area contributed by atoms with E-state index in [1.807, 2.05) is 7.05 Å². The van der Waals surface area contributed by atoms with Crippen LogP contribution in [0.15, 0.2) is 34.2 Å². The van der Waals surface area contributed by atoms with E-state index in [2.05, 4.69) is 31.0 Å². The number of carboxylic acid groups (broad SMARTS) is 1. The number of hydrogen-bond acceptors (Lipinski definition) is 9. The number of hydrogen-bond donors (Lipinski definition) is 8. The molecule has 0 aliphatic heterocycles. The minimum absolute atomic E-state index is 0.0609. The summed E-state index contributed by atoms with van der Waals surface area (Å²) in [5.74, 6) is -2.07. The lowest BCUT2D eigenvalue weighted by molar-refractivity contribution is -0.142. The molecule has 16 nitrogen and oxygen atoms in total. The summed E-state index contributed by atoms with van der Waals surface area (Å²) in [5.41, 5.74) is 10.8. The molecule has 0 bridgehead atoms. The molecule has 10 N–H and O–H groups in total. The number of sulfonamides is 1. The molecule has 1 rings (SSSR count). The highest BCUT2D eigenvalue weighted by Crippen LogP contribution is 2.15. The number of guanidine groups is 1. The first-order chi connectivity index (χ1) is 22.4. The lowest BCUT2D eigenvalue weighted by Gasteiger charge is -2.14. The molecule has 47 heavy (non-hydrogen) atoms.